The largest absolute Gasteiger partial charge is 0.241 e. The van der Waals surface area contributed by atoms with Crippen LogP contribution in [0, 0.1) is 6.92 Å². The van der Waals surface area contributed by atoms with Crippen LogP contribution in [0.5, 0.6) is 0 Å². The fourth-order valence-corrected chi connectivity index (χ4v) is 12.1. The number of thiophene rings is 3. The van der Waals surface area contributed by atoms with Crippen LogP contribution in [0.3, 0.4) is 0 Å². The van der Waals surface area contributed by atoms with Gasteiger partial charge in [0.1, 0.15) is 5.00 Å². The van der Waals surface area contributed by atoms with Crippen molar-refractivity contribution in [3.8, 4) is 11.1 Å². The molecule has 0 amide bonds. The summed E-state index contributed by atoms with van der Waals surface area (Å²) in [5.74, 6) is 0. The molecule has 0 unspecified atom stereocenters. The first-order valence-electron chi connectivity index (χ1n) is 18.3. The van der Waals surface area contributed by atoms with Crippen molar-refractivity contribution in [1.29, 1.82) is 0 Å². The van der Waals surface area contributed by atoms with Gasteiger partial charge in [-0.2, -0.15) is 0 Å². The van der Waals surface area contributed by atoms with E-state index in [0.29, 0.717) is 0 Å². The number of aryl methyl sites for hydroxylation is 2. The number of hydrogen-bond donors (Lipinski definition) is 0. The van der Waals surface area contributed by atoms with Crippen molar-refractivity contribution >= 4 is 111 Å². The van der Waals surface area contributed by atoms with Gasteiger partial charge in [0, 0.05) is 62.6 Å². The highest BCUT2D eigenvalue weighted by molar-refractivity contribution is 7.26. The maximum atomic E-state index is 5.75. The molecule has 10 aromatic rings. The number of nitrogens with zero attached hydrogens (tertiary/aromatic N) is 1. The number of rotatable bonds is 4. The minimum atomic E-state index is 0.732. The molecule has 4 heterocycles. The topological polar surface area (TPSA) is 12.4 Å². The maximum Gasteiger partial charge on any atom is 0.120 e. The summed E-state index contributed by atoms with van der Waals surface area (Å²) in [5, 5.41) is 10.5. The van der Waals surface area contributed by atoms with Gasteiger partial charge >= 0.3 is 0 Å². The molecule has 252 valence electrons. The summed E-state index contributed by atoms with van der Waals surface area (Å²) in [5.41, 5.74) is 10.3. The number of allylic oxidation sites excluding steroid dienone is 2. The summed E-state index contributed by atoms with van der Waals surface area (Å²) in [7, 11) is 0. The van der Waals surface area contributed by atoms with Gasteiger partial charge in [0.15, 0.2) is 0 Å². The van der Waals surface area contributed by atoms with E-state index >= 15 is 0 Å². The molecule has 11 rings (SSSR count). The van der Waals surface area contributed by atoms with Crippen molar-refractivity contribution in [2.24, 2.45) is 4.99 Å². The number of fused-ring (bicyclic) bond motifs is 11. The first-order valence-corrected chi connectivity index (χ1v) is 20.7. The normalized spacial score (nSPS) is 13.5. The fourth-order valence-electron chi connectivity index (χ4n) is 8.53. The van der Waals surface area contributed by atoms with Crippen LogP contribution in [-0.2, 0) is 12.8 Å². The van der Waals surface area contributed by atoms with Gasteiger partial charge in [-0.05, 0) is 94.1 Å². The molecule has 53 heavy (non-hydrogen) atoms. The van der Waals surface area contributed by atoms with E-state index in [2.05, 4.69) is 153 Å². The minimum absolute atomic E-state index is 0.732. The lowest BCUT2D eigenvalue weighted by Gasteiger charge is -2.19. The van der Waals surface area contributed by atoms with E-state index < -0.39 is 0 Å². The van der Waals surface area contributed by atoms with Gasteiger partial charge in [0.05, 0.1) is 5.71 Å². The van der Waals surface area contributed by atoms with Gasteiger partial charge in [-0.1, -0.05) is 115 Å². The Labute approximate surface area is 319 Å². The van der Waals surface area contributed by atoms with Crippen molar-refractivity contribution in [1.82, 2.24) is 0 Å². The standard InChI is InChI=1S/C49H33NS3/c1-29-12-2-4-14-32(29)40-28-41-46(51-45-25-24-30-13-3-5-15-33(30)47(41)45)27-31(40)26-42-34(18-10-21-39-36-17-7-9-23-44(36)53-49(39)50-42)37-19-11-20-38-35-16-6-8-22-43(35)52-48(37)38/h2-9,11-20,22-25,27-28H,10,21,26H2,1H3. The second-order valence-corrected chi connectivity index (χ2v) is 17.3. The highest BCUT2D eigenvalue weighted by Gasteiger charge is 2.23. The molecule has 0 saturated carbocycles. The molecule has 1 aliphatic heterocycles. The van der Waals surface area contributed by atoms with Gasteiger partial charge in [0.2, 0.25) is 0 Å². The summed E-state index contributed by atoms with van der Waals surface area (Å²) < 4.78 is 6.65. The minimum Gasteiger partial charge on any atom is -0.241 e. The maximum absolute atomic E-state index is 5.75. The average molecular weight is 732 g/mol. The number of benzene rings is 7. The van der Waals surface area contributed by atoms with Crippen molar-refractivity contribution in [3.63, 3.8) is 0 Å². The molecule has 0 aliphatic carbocycles. The molecule has 0 atom stereocenters. The molecule has 7 aromatic carbocycles. The van der Waals surface area contributed by atoms with Crippen molar-refractivity contribution < 1.29 is 0 Å². The van der Waals surface area contributed by atoms with E-state index in [1.165, 1.54) is 100 Å². The summed E-state index contributed by atoms with van der Waals surface area (Å²) in [4.78, 5) is 5.75. The summed E-state index contributed by atoms with van der Waals surface area (Å²) in [6, 6.07) is 51.8. The van der Waals surface area contributed by atoms with Gasteiger partial charge in [0.25, 0.3) is 0 Å². The van der Waals surface area contributed by atoms with Crippen LogP contribution in [0.1, 0.15) is 28.7 Å². The molecule has 0 saturated heterocycles. The SMILES string of the molecule is Cc1ccccc1-c1cc2c(cc1CC1=Nc3sc4ccccc4c3CCC=C1c1cccc3c1sc1ccccc13)sc1ccc3ccccc3c12. The van der Waals surface area contributed by atoms with E-state index in [9.17, 15) is 0 Å². The lowest BCUT2D eigenvalue weighted by Crippen LogP contribution is -2.09. The Balaban J connectivity index is 1.17. The summed E-state index contributed by atoms with van der Waals surface area (Å²) >= 11 is 5.66. The van der Waals surface area contributed by atoms with Crippen molar-refractivity contribution in [3.05, 3.63) is 168 Å². The lowest BCUT2D eigenvalue weighted by molar-refractivity contribution is 1.01. The van der Waals surface area contributed by atoms with Crippen molar-refractivity contribution in [2.45, 2.75) is 26.2 Å². The van der Waals surface area contributed by atoms with Crippen molar-refractivity contribution in [2.75, 3.05) is 0 Å². The Morgan fingerprint density at radius 3 is 2.17 bits per heavy atom. The molecule has 0 radical (unpaired) electrons. The van der Waals surface area contributed by atoms with Gasteiger partial charge in [-0.15, -0.1) is 34.0 Å². The zero-order valence-corrected chi connectivity index (χ0v) is 31.6. The van der Waals surface area contributed by atoms with E-state index in [4.69, 9.17) is 4.99 Å². The predicted octanol–water partition coefficient (Wildman–Crippen LogP) is 15.1. The Kier molecular flexibility index (Phi) is 7.26. The lowest BCUT2D eigenvalue weighted by atomic mass is 9.88. The van der Waals surface area contributed by atoms with Gasteiger partial charge in [-0.25, -0.2) is 4.99 Å². The first kappa shape index (κ1) is 31.2. The summed E-state index contributed by atoms with van der Waals surface area (Å²) in [6.07, 6.45) is 5.18. The molecule has 0 spiro atoms. The van der Waals surface area contributed by atoms with Crippen LogP contribution in [0.25, 0.3) is 77.9 Å². The molecule has 3 aromatic heterocycles. The zero-order chi connectivity index (χ0) is 35.0. The van der Waals surface area contributed by atoms with Gasteiger partial charge < -0.3 is 0 Å². The molecule has 0 N–H and O–H groups in total. The quantitative estimate of drug-likeness (QED) is 0.171. The molecule has 0 fully saturated rings. The monoisotopic (exact) mass is 731 g/mol. The molecule has 0 bridgehead atoms. The smallest absolute Gasteiger partial charge is 0.120 e. The van der Waals surface area contributed by atoms with Crippen LogP contribution in [0.15, 0.2) is 151 Å². The second kappa shape index (κ2) is 12.3. The molecule has 4 heteroatoms. The Morgan fingerprint density at radius 2 is 1.28 bits per heavy atom. The average Bonchev–Trinajstić information content (AvgIpc) is 3.86. The van der Waals surface area contributed by atoms with Gasteiger partial charge in [-0.3, -0.25) is 0 Å². The second-order valence-electron chi connectivity index (χ2n) is 14.1. The van der Waals surface area contributed by atoms with E-state index in [-0.39, 0.29) is 0 Å². The highest BCUT2D eigenvalue weighted by atomic mass is 32.1. The third-order valence-corrected chi connectivity index (χ3v) is 14.5. The molecule has 1 aliphatic rings. The van der Waals surface area contributed by atoms with Crippen LogP contribution >= 0.6 is 34.0 Å². The van der Waals surface area contributed by atoms with E-state index in [1.807, 2.05) is 34.0 Å². The molecular formula is C49H33NS3. The fraction of sp³-hybridized carbons (Fsp3) is 0.0816. The summed E-state index contributed by atoms with van der Waals surface area (Å²) in [6.45, 7) is 2.24. The third kappa shape index (κ3) is 5.04. The van der Waals surface area contributed by atoms with Crippen LogP contribution in [0.4, 0.5) is 5.00 Å². The Hall–Kier alpha value is -5.39. The van der Waals surface area contributed by atoms with Crippen LogP contribution < -0.4 is 0 Å². The van der Waals surface area contributed by atoms with Crippen LogP contribution in [0.2, 0.25) is 0 Å². The van der Waals surface area contributed by atoms with Crippen LogP contribution in [-0.4, -0.2) is 5.71 Å². The zero-order valence-electron chi connectivity index (χ0n) is 29.1. The predicted molar refractivity (Wildman–Crippen MR) is 235 cm³/mol. The third-order valence-electron chi connectivity index (χ3n) is 11.0. The first-order chi connectivity index (χ1) is 26.2. The molecule has 1 nitrogen and oxygen atoms in total. The van der Waals surface area contributed by atoms with E-state index in [1.54, 1.807) is 0 Å². The Bertz CT molecular complexity index is 3170. The van der Waals surface area contributed by atoms with E-state index in [0.717, 1.165) is 30.0 Å². The number of hydrogen-bond acceptors (Lipinski definition) is 4. The Morgan fingerprint density at radius 1 is 0.547 bits per heavy atom. The number of aliphatic imine (C=N–C) groups is 1. The molecular weight excluding hydrogens is 699 g/mol. The highest BCUT2D eigenvalue weighted by Crippen LogP contribution is 2.46.